The Bertz CT molecular complexity index is 159. The van der Waals surface area contributed by atoms with Gasteiger partial charge in [0.2, 0.25) is 0 Å². The first kappa shape index (κ1) is 8.55. The first-order valence-corrected chi connectivity index (χ1v) is 4.29. The van der Waals surface area contributed by atoms with Crippen molar-refractivity contribution in [2.45, 2.75) is 19.8 Å². The van der Waals surface area contributed by atoms with E-state index in [4.69, 9.17) is 5.26 Å². The average Bonchev–Trinajstić information content (AvgIpc) is 2.62. The minimum atomic E-state index is 0.664. The fourth-order valence-corrected chi connectivity index (χ4v) is 1.39. The lowest BCUT2D eigenvalue weighted by Crippen LogP contribution is -2.22. The SMILES string of the molecule is CC1CC1CN(C)CCC#N. The van der Waals surface area contributed by atoms with Gasteiger partial charge >= 0.3 is 0 Å². The van der Waals surface area contributed by atoms with Gasteiger partial charge in [0.25, 0.3) is 0 Å². The molecular formula is C9H16N2. The fourth-order valence-electron chi connectivity index (χ4n) is 1.39. The van der Waals surface area contributed by atoms with E-state index in [0.29, 0.717) is 6.42 Å². The molecule has 1 aliphatic carbocycles. The number of hydrogen-bond donors (Lipinski definition) is 0. The molecule has 0 aromatic rings. The molecule has 0 aromatic carbocycles. The Balaban J connectivity index is 2.03. The van der Waals surface area contributed by atoms with Crippen LogP contribution in [-0.4, -0.2) is 25.0 Å². The summed E-state index contributed by atoms with van der Waals surface area (Å²) in [5.41, 5.74) is 0. The zero-order valence-corrected chi connectivity index (χ0v) is 7.38. The number of hydrogen-bond acceptors (Lipinski definition) is 2. The smallest absolute Gasteiger partial charge is 0.0635 e. The maximum absolute atomic E-state index is 8.34. The summed E-state index contributed by atoms with van der Waals surface area (Å²) in [7, 11) is 2.10. The Morgan fingerprint density at radius 2 is 2.27 bits per heavy atom. The lowest BCUT2D eigenvalue weighted by Gasteiger charge is -2.13. The van der Waals surface area contributed by atoms with Gasteiger partial charge in [0.1, 0.15) is 0 Å². The molecule has 1 saturated carbocycles. The monoisotopic (exact) mass is 152 g/mol. The van der Waals surface area contributed by atoms with E-state index in [2.05, 4.69) is 24.9 Å². The van der Waals surface area contributed by atoms with Gasteiger partial charge in [-0.2, -0.15) is 5.26 Å². The zero-order valence-electron chi connectivity index (χ0n) is 7.38. The van der Waals surface area contributed by atoms with Crippen LogP contribution in [0.3, 0.4) is 0 Å². The van der Waals surface area contributed by atoms with Crippen LogP contribution in [0.15, 0.2) is 0 Å². The molecule has 0 amide bonds. The van der Waals surface area contributed by atoms with Gasteiger partial charge in [0.15, 0.2) is 0 Å². The maximum Gasteiger partial charge on any atom is 0.0635 e. The highest BCUT2D eigenvalue weighted by atomic mass is 15.1. The van der Waals surface area contributed by atoms with Gasteiger partial charge in [0.05, 0.1) is 6.07 Å². The van der Waals surface area contributed by atoms with Crippen molar-refractivity contribution in [1.82, 2.24) is 4.90 Å². The molecule has 2 nitrogen and oxygen atoms in total. The van der Waals surface area contributed by atoms with Crippen molar-refractivity contribution in [3.8, 4) is 6.07 Å². The van der Waals surface area contributed by atoms with E-state index in [-0.39, 0.29) is 0 Å². The molecule has 62 valence electrons. The minimum absolute atomic E-state index is 0.664. The summed E-state index contributed by atoms with van der Waals surface area (Å²) in [5, 5.41) is 8.34. The highest BCUT2D eigenvalue weighted by molar-refractivity contribution is 4.85. The van der Waals surface area contributed by atoms with Crippen LogP contribution < -0.4 is 0 Å². The second-order valence-electron chi connectivity index (χ2n) is 3.64. The van der Waals surface area contributed by atoms with Gasteiger partial charge in [0, 0.05) is 19.5 Å². The minimum Gasteiger partial charge on any atom is -0.305 e. The van der Waals surface area contributed by atoms with Gasteiger partial charge in [-0.05, 0) is 25.3 Å². The number of nitriles is 1. The molecule has 2 unspecified atom stereocenters. The summed E-state index contributed by atoms with van der Waals surface area (Å²) in [5.74, 6) is 1.85. The van der Waals surface area contributed by atoms with Crippen molar-refractivity contribution in [2.75, 3.05) is 20.1 Å². The van der Waals surface area contributed by atoms with E-state index in [1.807, 2.05) is 0 Å². The Kier molecular flexibility index (Phi) is 2.90. The van der Waals surface area contributed by atoms with Crippen LogP contribution in [-0.2, 0) is 0 Å². The quantitative estimate of drug-likeness (QED) is 0.610. The van der Waals surface area contributed by atoms with Crippen LogP contribution in [0.25, 0.3) is 0 Å². The van der Waals surface area contributed by atoms with Gasteiger partial charge in [-0.25, -0.2) is 0 Å². The van der Waals surface area contributed by atoms with E-state index in [9.17, 15) is 0 Å². The standard InChI is InChI=1S/C9H16N2/c1-8-6-9(8)7-11(2)5-3-4-10/h8-9H,3,5-7H2,1-2H3. The molecule has 1 fully saturated rings. The predicted molar refractivity (Wildman–Crippen MR) is 45.0 cm³/mol. The summed E-state index contributed by atoms with van der Waals surface area (Å²) in [6, 6.07) is 2.16. The van der Waals surface area contributed by atoms with Crippen molar-refractivity contribution < 1.29 is 0 Å². The van der Waals surface area contributed by atoms with E-state index in [1.54, 1.807) is 0 Å². The molecule has 0 bridgehead atoms. The average molecular weight is 152 g/mol. The topological polar surface area (TPSA) is 27.0 Å². The summed E-state index contributed by atoms with van der Waals surface area (Å²) < 4.78 is 0. The molecule has 1 rings (SSSR count). The summed E-state index contributed by atoms with van der Waals surface area (Å²) in [6.07, 6.45) is 2.05. The van der Waals surface area contributed by atoms with Crippen molar-refractivity contribution in [1.29, 1.82) is 5.26 Å². The molecule has 0 aromatic heterocycles. The second kappa shape index (κ2) is 3.73. The first-order valence-electron chi connectivity index (χ1n) is 4.29. The molecule has 1 aliphatic rings. The van der Waals surface area contributed by atoms with E-state index >= 15 is 0 Å². The molecule has 0 aliphatic heterocycles. The van der Waals surface area contributed by atoms with Gasteiger partial charge in [-0.15, -0.1) is 0 Å². The van der Waals surface area contributed by atoms with Crippen molar-refractivity contribution in [2.24, 2.45) is 11.8 Å². The van der Waals surface area contributed by atoms with Crippen molar-refractivity contribution in [3.05, 3.63) is 0 Å². The third kappa shape index (κ3) is 2.90. The maximum atomic E-state index is 8.34. The Morgan fingerprint density at radius 3 is 2.73 bits per heavy atom. The molecule has 2 atom stereocenters. The van der Waals surface area contributed by atoms with Crippen LogP contribution in [0.1, 0.15) is 19.8 Å². The molecule has 0 heterocycles. The largest absolute Gasteiger partial charge is 0.305 e. The third-order valence-electron chi connectivity index (χ3n) is 2.43. The Morgan fingerprint density at radius 1 is 1.64 bits per heavy atom. The highest BCUT2D eigenvalue weighted by Crippen LogP contribution is 2.37. The molecule has 2 heteroatoms. The van der Waals surface area contributed by atoms with E-state index in [1.165, 1.54) is 13.0 Å². The lowest BCUT2D eigenvalue weighted by molar-refractivity contribution is 0.322. The summed E-state index contributed by atoms with van der Waals surface area (Å²) in [6.45, 7) is 4.41. The highest BCUT2D eigenvalue weighted by Gasteiger charge is 2.32. The van der Waals surface area contributed by atoms with Gasteiger partial charge in [-0.3, -0.25) is 0 Å². The molecule has 0 spiro atoms. The normalized spacial score (nSPS) is 28.5. The van der Waals surface area contributed by atoms with E-state index < -0.39 is 0 Å². The zero-order chi connectivity index (χ0) is 8.27. The second-order valence-corrected chi connectivity index (χ2v) is 3.64. The Hall–Kier alpha value is -0.550. The summed E-state index contributed by atoms with van der Waals surface area (Å²) >= 11 is 0. The predicted octanol–water partition coefficient (Wildman–Crippen LogP) is 1.49. The molecular weight excluding hydrogens is 136 g/mol. The number of rotatable bonds is 4. The van der Waals surface area contributed by atoms with Crippen molar-refractivity contribution in [3.63, 3.8) is 0 Å². The first-order chi connectivity index (χ1) is 5.24. The third-order valence-corrected chi connectivity index (χ3v) is 2.43. The van der Waals surface area contributed by atoms with Crippen LogP contribution in [0, 0.1) is 23.2 Å². The molecule has 0 saturated heterocycles. The van der Waals surface area contributed by atoms with Crippen LogP contribution in [0.5, 0.6) is 0 Å². The molecule has 0 N–H and O–H groups in total. The van der Waals surface area contributed by atoms with Crippen LogP contribution in [0.4, 0.5) is 0 Å². The lowest BCUT2D eigenvalue weighted by atomic mass is 10.3. The van der Waals surface area contributed by atoms with E-state index in [0.717, 1.165) is 18.4 Å². The summed E-state index contributed by atoms with van der Waals surface area (Å²) in [4.78, 5) is 2.26. The Labute approximate surface area is 68.8 Å². The van der Waals surface area contributed by atoms with Crippen LogP contribution >= 0.6 is 0 Å². The van der Waals surface area contributed by atoms with Gasteiger partial charge < -0.3 is 4.90 Å². The number of nitrogens with zero attached hydrogens (tertiary/aromatic N) is 2. The van der Waals surface area contributed by atoms with Crippen LogP contribution in [0.2, 0.25) is 0 Å². The van der Waals surface area contributed by atoms with Gasteiger partial charge in [-0.1, -0.05) is 6.92 Å². The van der Waals surface area contributed by atoms with Crippen molar-refractivity contribution >= 4 is 0 Å². The fraction of sp³-hybridized carbons (Fsp3) is 0.889. The molecule has 0 radical (unpaired) electrons. The molecule has 11 heavy (non-hydrogen) atoms.